The molecule has 5 aliphatic rings. The van der Waals surface area contributed by atoms with Crippen LogP contribution in [0.25, 0.3) is 0 Å². The van der Waals surface area contributed by atoms with E-state index < -0.39 is 5.54 Å². The van der Waals surface area contributed by atoms with Crippen molar-refractivity contribution >= 4 is 23.2 Å². The molecule has 3 saturated carbocycles. The minimum absolute atomic E-state index is 0.141. The number of methoxy groups -OCH3 is 1. The summed E-state index contributed by atoms with van der Waals surface area (Å²) in [5, 5.41) is 4.25. The van der Waals surface area contributed by atoms with Crippen LogP contribution in [-0.2, 0) is 21.5 Å². The average molecular weight is 421 g/mol. The van der Waals surface area contributed by atoms with Crippen molar-refractivity contribution in [3.8, 4) is 11.8 Å². The van der Waals surface area contributed by atoms with Gasteiger partial charge >= 0.3 is 0 Å². The lowest BCUT2D eigenvalue weighted by Gasteiger charge is -2.46. The summed E-state index contributed by atoms with van der Waals surface area (Å²) in [6.07, 6.45) is 9.70. The molecule has 6 rings (SSSR count). The molecule has 156 valence electrons. The number of benzene rings is 1. The molecule has 4 nitrogen and oxygen atoms in total. The predicted molar refractivity (Wildman–Crippen MR) is 119 cm³/mol. The van der Waals surface area contributed by atoms with Gasteiger partial charge in [0.2, 0.25) is 0 Å². The first-order valence-corrected chi connectivity index (χ1v) is 11.8. The van der Waals surface area contributed by atoms with E-state index in [2.05, 4.69) is 35.4 Å². The molecule has 5 heteroatoms. The van der Waals surface area contributed by atoms with Gasteiger partial charge in [-0.2, -0.15) is 0 Å². The smallest absolute Gasteiger partial charge is 0.260 e. The summed E-state index contributed by atoms with van der Waals surface area (Å²) < 4.78 is 5.66. The molecule has 1 heterocycles. The standard InChI is InChI=1S/C25H28N2O2S/c1-29-20-10-12-24(13-11-20)15-18-7-6-17(5-4-16-2-3-16)14-21(18)25(24)22(28)27(19-8-9-19)23(30)26-25/h6-7,14,16,19-20H,2-3,8-13,15H2,1H3,(H,26,30). The van der Waals surface area contributed by atoms with Gasteiger partial charge in [0.1, 0.15) is 0 Å². The van der Waals surface area contributed by atoms with Crippen molar-refractivity contribution in [2.75, 3.05) is 7.11 Å². The number of nitrogens with one attached hydrogen (secondary N) is 1. The lowest BCUT2D eigenvalue weighted by Crippen LogP contribution is -2.56. The van der Waals surface area contributed by atoms with Gasteiger partial charge in [0.15, 0.2) is 10.7 Å². The van der Waals surface area contributed by atoms with Crippen LogP contribution in [0.15, 0.2) is 18.2 Å². The van der Waals surface area contributed by atoms with Gasteiger partial charge in [0.25, 0.3) is 5.91 Å². The molecule has 1 amide bonds. The second kappa shape index (κ2) is 6.55. The van der Waals surface area contributed by atoms with E-state index in [1.54, 1.807) is 7.11 Å². The van der Waals surface area contributed by atoms with Crippen LogP contribution in [0.3, 0.4) is 0 Å². The summed E-state index contributed by atoms with van der Waals surface area (Å²) >= 11 is 5.74. The molecule has 1 atom stereocenters. The number of fused-ring (bicyclic) bond motifs is 3. The van der Waals surface area contributed by atoms with Crippen LogP contribution in [0.5, 0.6) is 0 Å². The normalized spacial score (nSPS) is 34.8. The molecule has 1 saturated heterocycles. The van der Waals surface area contributed by atoms with Gasteiger partial charge in [0, 0.05) is 30.0 Å². The van der Waals surface area contributed by atoms with Gasteiger partial charge in [0.05, 0.1) is 6.10 Å². The lowest BCUT2D eigenvalue weighted by atomic mass is 9.61. The minimum atomic E-state index is -0.738. The largest absolute Gasteiger partial charge is 0.381 e. The lowest BCUT2D eigenvalue weighted by molar-refractivity contribution is -0.138. The van der Waals surface area contributed by atoms with Crippen LogP contribution in [-0.4, -0.2) is 35.2 Å². The Morgan fingerprint density at radius 1 is 1.17 bits per heavy atom. The number of nitrogens with zero attached hydrogens (tertiary/aromatic N) is 1. The molecule has 0 radical (unpaired) electrons. The third-order valence-electron chi connectivity index (χ3n) is 8.02. The fourth-order valence-corrected chi connectivity index (χ4v) is 6.42. The molecule has 0 aromatic heterocycles. The Kier molecular flexibility index (Phi) is 4.11. The SMILES string of the molecule is COC1CCC2(CC1)Cc1ccc(C#CC3CC3)cc1C21NC(=S)N(C2CC2)C1=O. The van der Waals surface area contributed by atoms with E-state index in [1.165, 1.54) is 18.4 Å². The van der Waals surface area contributed by atoms with Crippen molar-refractivity contribution in [3.63, 3.8) is 0 Å². The highest BCUT2D eigenvalue weighted by Crippen LogP contribution is 2.60. The first kappa shape index (κ1) is 18.8. The number of rotatable bonds is 2. The van der Waals surface area contributed by atoms with Crippen molar-refractivity contribution < 1.29 is 9.53 Å². The Hall–Kier alpha value is -1.90. The fourth-order valence-electron chi connectivity index (χ4n) is 6.04. The summed E-state index contributed by atoms with van der Waals surface area (Å²) in [6, 6.07) is 6.82. The molecule has 0 bridgehead atoms. The van der Waals surface area contributed by atoms with E-state index in [-0.39, 0.29) is 17.4 Å². The molecule has 1 aromatic rings. The number of hydrogen-bond acceptors (Lipinski definition) is 3. The first-order valence-electron chi connectivity index (χ1n) is 11.4. The highest BCUT2D eigenvalue weighted by Gasteiger charge is 2.68. The van der Waals surface area contributed by atoms with Gasteiger partial charge < -0.3 is 10.1 Å². The van der Waals surface area contributed by atoms with Crippen LogP contribution in [0.4, 0.5) is 0 Å². The van der Waals surface area contributed by atoms with Gasteiger partial charge in [-0.1, -0.05) is 17.9 Å². The number of carbonyl (C=O) groups excluding carboxylic acids is 1. The molecule has 1 aliphatic heterocycles. The zero-order valence-electron chi connectivity index (χ0n) is 17.5. The average Bonchev–Trinajstić information content (AvgIpc) is 3.67. The highest BCUT2D eigenvalue weighted by molar-refractivity contribution is 7.80. The zero-order chi connectivity index (χ0) is 20.5. The van der Waals surface area contributed by atoms with Gasteiger partial charge in [-0.25, -0.2) is 0 Å². The molecule has 1 unspecified atom stereocenters. The predicted octanol–water partition coefficient (Wildman–Crippen LogP) is 3.65. The van der Waals surface area contributed by atoms with E-state index in [4.69, 9.17) is 17.0 Å². The number of carbonyl (C=O) groups is 1. The Labute approximate surface area is 183 Å². The second-order valence-corrected chi connectivity index (χ2v) is 10.3. The van der Waals surface area contributed by atoms with E-state index in [9.17, 15) is 4.79 Å². The second-order valence-electron chi connectivity index (χ2n) is 9.89. The molecule has 2 spiro atoms. The molecule has 1 aromatic carbocycles. The number of hydrogen-bond donors (Lipinski definition) is 1. The van der Waals surface area contributed by atoms with Crippen LogP contribution in [0.1, 0.15) is 68.1 Å². The van der Waals surface area contributed by atoms with Crippen molar-refractivity contribution in [2.45, 2.75) is 75.5 Å². The highest BCUT2D eigenvalue weighted by atomic mass is 32.1. The quantitative estimate of drug-likeness (QED) is 0.586. The Bertz CT molecular complexity index is 992. The summed E-state index contributed by atoms with van der Waals surface area (Å²) in [4.78, 5) is 16.0. The van der Waals surface area contributed by atoms with E-state index in [0.29, 0.717) is 17.1 Å². The van der Waals surface area contributed by atoms with Crippen molar-refractivity contribution in [3.05, 3.63) is 34.9 Å². The molecule has 30 heavy (non-hydrogen) atoms. The van der Waals surface area contributed by atoms with Crippen LogP contribution >= 0.6 is 12.2 Å². The third-order valence-corrected chi connectivity index (χ3v) is 8.32. The molecule has 1 N–H and O–H groups in total. The Morgan fingerprint density at radius 3 is 2.60 bits per heavy atom. The van der Waals surface area contributed by atoms with Gasteiger partial charge in [-0.15, -0.1) is 0 Å². The fraction of sp³-hybridized carbons (Fsp3) is 0.600. The third kappa shape index (κ3) is 2.63. The van der Waals surface area contributed by atoms with Gasteiger partial charge in [-0.05, 0) is 93.3 Å². The molecule has 4 aliphatic carbocycles. The topological polar surface area (TPSA) is 41.6 Å². The van der Waals surface area contributed by atoms with E-state index in [1.807, 2.05) is 4.90 Å². The molecular weight excluding hydrogens is 392 g/mol. The van der Waals surface area contributed by atoms with Crippen LogP contribution < -0.4 is 5.32 Å². The number of ether oxygens (including phenoxy) is 1. The summed E-state index contributed by atoms with van der Waals surface area (Å²) in [7, 11) is 1.80. The monoisotopic (exact) mass is 420 g/mol. The van der Waals surface area contributed by atoms with E-state index in [0.717, 1.165) is 56.1 Å². The van der Waals surface area contributed by atoms with Crippen molar-refractivity contribution in [1.29, 1.82) is 0 Å². The van der Waals surface area contributed by atoms with Gasteiger partial charge in [-0.3, -0.25) is 9.69 Å². The zero-order valence-corrected chi connectivity index (χ0v) is 18.3. The van der Waals surface area contributed by atoms with E-state index >= 15 is 0 Å². The van der Waals surface area contributed by atoms with Crippen LogP contribution in [0.2, 0.25) is 0 Å². The number of amides is 1. The summed E-state index contributed by atoms with van der Waals surface area (Å²) in [5.41, 5.74) is 2.55. The van der Waals surface area contributed by atoms with Crippen molar-refractivity contribution in [2.24, 2.45) is 11.3 Å². The number of thiocarbonyl (C=S) groups is 1. The molecular formula is C25H28N2O2S. The minimum Gasteiger partial charge on any atom is -0.381 e. The maximum Gasteiger partial charge on any atom is 0.260 e. The molecule has 4 fully saturated rings. The Morgan fingerprint density at radius 2 is 1.93 bits per heavy atom. The maximum atomic E-state index is 14.1. The summed E-state index contributed by atoms with van der Waals surface area (Å²) in [6.45, 7) is 0. The van der Waals surface area contributed by atoms with Crippen molar-refractivity contribution in [1.82, 2.24) is 10.2 Å². The maximum absolute atomic E-state index is 14.1. The first-order chi connectivity index (χ1) is 14.6. The Balaban J connectivity index is 1.46. The summed E-state index contributed by atoms with van der Waals surface area (Å²) in [5.74, 6) is 7.48. The van der Waals surface area contributed by atoms with Crippen LogP contribution in [0, 0.1) is 23.2 Å².